The Morgan fingerprint density at radius 2 is 2.05 bits per heavy atom. The molecule has 0 aliphatic heterocycles. The minimum atomic E-state index is -4.72. The van der Waals surface area contributed by atoms with Gasteiger partial charge in [0, 0.05) is 11.8 Å². The quantitative estimate of drug-likeness (QED) is 0.509. The van der Waals surface area contributed by atoms with Crippen molar-refractivity contribution in [3.63, 3.8) is 0 Å². The summed E-state index contributed by atoms with van der Waals surface area (Å²) in [6.45, 7) is 0. The van der Waals surface area contributed by atoms with Crippen molar-refractivity contribution in [2.45, 2.75) is 12.6 Å². The molecule has 0 saturated heterocycles. The van der Waals surface area contributed by atoms with Gasteiger partial charge < -0.3 is 10.1 Å². The van der Waals surface area contributed by atoms with E-state index >= 15 is 0 Å². The zero-order chi connectivity index (χ0) is 16.8. The van der Waals surface area contributed by atoms with Gasteiger partial charge in [0.05, 0.1) is 19.2 Å². The second-order valence-electron chi connectivity index (χ2n) is 4.26. The molecule has 0 heterocycles. The summed E-state index contributed by atoms with van der Waals surface area (Å²) in [7, 11) is 1.23. The number of halogens is 3. The van der Waals surface area contributed by atoms with E-state index in [1.807, 2.05) is 0 Å². The maximum Gasteiger partial charge on any atom is 0.402 e. The third-order valence-electron chi connectivity index (χ3n) is 2.74. The number of carbonyl (C=O) groups excluding carboxylic acids is 1. The van der Waals surface area contributed by atoms with Crippen LogP contribution in [-0.2, 0) is 16.0 Å². The number of alkyl halides is 3. The predicted octanol–water partition coefficient (Wildman–Crippen LogP) is 2.60. The molecule has 1 aromatic carbocycles. The number of hydrogen-bond donors (Lipinski definition) is 2. The Balaban J connectivity index is 3.04. The number of carbonyl (C=O) groups is 1. The molecule has 1 rings (SSSR count). The Morgan fingerprint density at radius 1 is 1.41 bits per heavy atom. The fourth-order valence-corrected chi connectivity index (χ4v) is 1.58. The Hall–Kier alpha value is -2.62. The first kappa shape index (κ1) is 17.4. The van der Waals surface area contributed by atoms with Crippen LogP contribution in [0.1, 0.15) is 11.1 Å². The van der Waals surface area contributed by atoms with Crippen LogP contribution >= 0.6 is 0 Å². The minimum absolute atomic E-state index is 0.0675. The highest BCUT2D eigenvalue weighted by atomic mass is 19.4. The molecule has 0 spiro atoms. The van der Waals surface area contributed by atoms with Crippen LogP contribution in [0.4, 0.5) is 13.2 Å². The number of nitrogens with one attached hydrogen (secondary N) is 2. The smallest absolute Gasteiger partial charge is 0.402 e. The van der Waals surface area contributed by atoms with Crippen LogP contribution in [0.15, 0.2) is 24.3 Å². The van der Waals surface area contributed by atoms with Crippen molar-refractivity contribution in [2.24, 2.45) is 5.92 Å². The highest BCUT2D eigenvalue weighted by Gasteiger charge is 2.40. The van der Waals surface area contributed by atoms with Crippen molar-refractivity contribution in [3.05, 3.63) is 35.4 Å². The molecule has 4 nitrogen and oxygen atoms in total. The average Bonchev–Trinajstić information content (AvgIpc) is 2.45. The Kier molecular flexibility index (Phi) is 5.87. The summed E-state index contributed by atoms with van der Waals surface area (Å²) < 4.78 is 42.2. The largest absolute Gasteiger partial charge is 0.469 e. The van der Waals surface area contributed by atoms with Gasteiger partial charge in [0.1, 0.15) is 5.92 Å². The maximum absolute atomic E-state index is 12.6. The van der Waals surface area contributed by atoms with Crippen LogP contribution in [0.5, 0.6) is 0 Å². The molecule has 0 saturated carbocycles. The Morgan fingerprint density at radius 3 is 2.59 bits per heavy atom. The Labute approximate surface area is 125 Å². The summed E-state index contributed by atoms with van der Waals surface area (Å²) in [6, 6.07) is 6.41. The molecular weight excluding hydrogens is 297 g/mol. The topological polar surface area (TPSA) is 74.0 Å². The summed E-state index contributed by atoms with van der Waals surface area (Å²) in [5.41, 5.74) is -0.0908. The van der Waals surface area contributed by atoms with E-state index in [4.69, 9.17) is 10.8 Å². The molecule has 0 fully saturated rings. The molecule has 0 aliphatic rings. The average molecular weight is 310 g/mol. The van der Waals surface area contributed by atoms with Gasteiger partial charge in [-0.05, 0) is 17.6 Å². The van der Waals surface area contributed by atoms with Gasteiger partial charge in [-0.25, -0.2) is 0 Å². The number of methoxy groups -OCH3 is 1. The van der Waals surface area contributed by atoms with Crippen LogP contribution in [0.3, 0.4) is 0 Å². The fraction of sp³-hybridized carbons (Fsp3) is 0.267. The molecule has 1 aromatic rings. The van der Waals surface area contributed by atoms with E-state index in [1.54, 1.807) is 18.2 Å². The molecule has 22 heavy (non-hydrogen) atoms. The molecule has 0 aromatic heterocycles. The lowest BCUT2D eigenvalue weighted by Gasteiger charge is -2.12. The van der Waals surface area contributed by atoms with Gasteiger partial charge in [-0.1, -0.05) is 24.1 Å². The molecule has 0 amide bonds. The molecule has 7 heteroatoms. The monoisotopic (exact) mass is 310 g/mol. The number of ether oxygens (including phenoxy) is 1. The molecule has 0 aliphatic carbocycles. The summed E-state index contributed by atoms with van der Waals surface area (Å²) in [4.78, 5) is 11.3. The molecule has 2 N–H and O–H groups in total. The van der Waals surface area contributed by atoms with Gasteiger partial charge in [-0.3, -0.25) is 10.2 Å². The van der Waals surface area contributed by atoms with Crippen molar-refractivity contribution in [2.75, 3.05) is 7.11 Å². The number of hydrogen-bond acceptors (Lipinski definition) is 4. The first-order valence-corrected chi connectivity index (χ1v) is 6.12. The maximum atomic E-state index is 12.6. The van der Waals surface area contributed by atoms with Crippen molar-refractivity contribution < 1.29 is 22.7 Å². The van der Waals surface area contributed by atoms with Gasteiger partial charge >= 0.3 is 12.1 Å². The Bertz CT molecular complexity index is 642. The van der Waals surface area contributed by atoms with Crippen molar-refractivity contribution in [3.8, 4) is 11.8 Å². The van der Waals surface area contributed by atoms with E-state index in [-0.39, 0.29) is 12.6 Å². The van der Waals surface area contributed by atoms with E-state index < -0.39 is 23.8 Å². The summed E-state index contributed by atoms with van der Waals surface area (Å²) in [5, 5.41) is 14.1. The van der Waals surface area contributed by atoms with Crippen LogP contribution in [0, 0.1) is 28.6 Å². The third-order valence-corrected chi connectivity index (χ3v) is 2.74. The summed E-state index contributed by atoms with van der Waals surface area (Å²) >= 11 is 0. The minimum Gasteiger partial charge on any atom is -0.469 e. The summed E-state index contributed by atoms with van der Waals surface area (Å²) in [6.07, 6.45) is -4.65. The van der Waals surface area contributed by atoms with Gasteiger partial charge in [0.2, 0.25) is 0 Å². The zero-order valence-electron chi connectivity index (χ0n) is 11.6. The molecule has 0 bridgehead atoms. The van der Waals surface area contributed by atoms with Crippen molar-refractivity contribution in [1.82, 2.24) is 0 Å². The number of esters is 1. The third kappa shape index (κ3) is 4.74. The highest BCUT2D eigenvalue weighted by Crippen LogP contribution is 2.25. The lowest BCUT2D eigenvalue weighted by molar-refractivity contribution is -0.140. The predicted molar refractivity (Wildman–Crippen MR) is 75.1 cm³/mol. The van der Waals surface area contributed by atoms with Crippen LogP contribution in [0.2, 0.25) is 0 Å². The molecule has 116 valence electrons. The van der Waals surface area contributed by atoms with Gasteiger partial charge in [0.15, 0.2) is 0 Å². The standard InChI is InChI=1S/C15H13F3N2O2/c1-22-14(21)8-11-5-3-2-4-10(11)6-7-13(20)12(9-19)15(16,17)18/h2-5,9,12,19-20H,8H2,1H3. The van der Waals surface area contributed by atoms with Crippen LogP contribution < -0.4 is 0 Å². The van der Waals surface area contributed by atoms with Crippen LogP contribution in [0.25, 0.3) is 0 Å². The second-order valence-corrected chi connectivity index (χ2v) is 4.26. The van der Waals surface area contributed by atoms with Gasteiger partial charge in [-0.2, -0.15) is 13.2 Å². The first-order valence-electron chi connectivity index (χ1n) is 6.12. The van der Waals surface area contributed by atoms with E-state index in [0.717, 1.165) is 0 Å². The zero-order valence-corrected chi connectivity index (χ0v) is 11.6. The SMILES string of the molecule is COC(=O)Cc1ccccc1C#CC(=N)C(C=N)C(F)(F)F. The van der Waals surface area contributed by atoms with Crippen molar-refractivity contribution >= 4 is 17.9 Å². The molecule has 1 atom stereocenters. The lowest BCUT2D eigenvalue weighted by Crippen LogP contribution is -2.30. The molecule has 1 unspecified atom stereocenters. The summed E-state index contributed by atoms with van der Waals surface area (Å²) in [5.74, 6) is 1.71. The van der Waals surface area contributed by atoms with Gasteiger partial charge in [-0.15, -0.1) is 0 Å². The van der Waals surface area contributed by atoms with Crippen LogP contribution in [-0.4, -0.2) is 31.2 Å². The van der Waals surface area contributed by atoms with E-state index in [2.05, 4.69) is 16.6 Å². The number of benzene rings is 1. The fourth-order valence-electron chi connectivity index (χ4n) is 1.58. The molecular formula is C15H13F3N2O2. The van der Waals surface area contributed by atoms with Gasteiger partial charge in [0.25, 0.3) is 0 Å². The lowest BCUT2D eigenvalue weighted by atomic mass is 10.0. The number of rotatable bonds is 4. The second kappa shape index (κ2) is 7.41. The highest BCUT2D eigenvalue weighted by molar-refractivity contribution is 6.08. The van der Waals surface area contributed by atoms with E-state index in [0.29, 0.717) is 11.1 Å². The van der Waals surface area contributed by atoms with Crippen molar-refractivity contribution in [1.29, 1.82) is 10.8 Å². The first-order chi connectivity index (χ1) is 10.3. The van der Waals surface area contributed by atoms with E-state index in [1.165, 1.54) is 13.2 Å². The van der Waals surface area contributed by atoms with E-state index in [9.17, 15) is 18.0 Å². The normalized spacial score (nSPS) is 11.8. The molecule has 0 radical (unpaired) electrons.